The summed E-state index contributed by atoms with van der Waals surface area (Å²) in [5.41, 5.74) is 1.51. The Hall–Kier alpha value is -0.670. The molecule has 2 saturated carbocycles. The van der Waals surface area contributed by atoms with Crippen molar-refractivity contribution in [2.75, 3.05) is 6.61 Å². The van der Waals surface area contributed by atoms with E-state index in [1.165, 1.54) is 0 Å². The molecule has 2 N–H and O–H groups in total. The summed E-state index contributed by atoms with van der Waals surface area (Å²) in [6, 6.07) is 0. The zero-order valence-corrected chi connectivity index (χ0v) is 11.4. The van der Waals surface area contributed by atoms with E-state index in [0.29, 0.717) is 17.9 Å². The number of Topliss-reactive ketones (excluding diaryl/α,β-unsaturated/α-hetero) is 1. The van der Waals surface area contributed by atoms with E-state index >= 15 is 0 Å². The predicted molar refractivity (Wildman–Crippen MR) is 67.8 cm³/mol. The summed E-state index contributed by atoms with van der Waals surface area (Å²) in [6.07, 6.45) is 2.00. The molecule has 18 heavy (non-hydrogen) atoms. The predicted octanol–water partition coefficient (Wildman–Crippen LogP) is 1.68. The maximum Gasteiger partial charge on any atom is 0.162 e. The first-order chi connectivity index (χ1) is 8.30. The monoisotopic (exact) mass is 250 g/mol. The summed E-state index contributed by atoms with van der Waals surface area (Å²) in [5, 5.41) is 20.1. The van der Waals surface area contributed by atoms with Crippen LogP contribution in [0.4, 0.5) is 0 Å². The fourth-order valence-corrected chi connectivity index (χ4v) is 4.85. The van der Waals surface area contributed by atoms with Gasteiger partial charge in [0.15, 0.2) is 5.78 Å². The number of rotatable bonds is 1. The molecule has 0 spiro atoms. The third kappa shape index (κ3) is 1.35. The Morgan fingerprint density at radius 1 is 1.28 bits per heavy atom. The van der Waals surface area contributed by atoms with E-state index in [2.05, 4.69) is 13.8 Å². The second-order valence-corrected chi connectivity index (χ2v) is 7.36. The number of fused-ring (bicyclic) bond motifs is 3. The van der Waals surface area contributed by atoms with E-state index in [9.17, 15) is 15.0 Å². The molecule has 0 unspecified atom stereocenters. The van der Waals surface area contributed by atoms with Gasteiger partial charge in [0.1, 0.15) is 0 Å². The minimum atomic E-state index is -0.424. The maximum absolute atomic E-state index is 12.0. The molecule has 3 rings (SSSR count). The smallest absolute Gasteiger partial charge is 0.162 e. The molecule has 3 aliphatic carbocycles. The van der Waals surface area contributed by atoms with Crippen molar-refractivity contribution in [2.24, 2.45) is 22.7 Å². The number of ketones is 1. The van der Waals surface area contributed by atoms with Gasteiger partial charge in [0.25, 0.3) is 0 Å². The van der Waals surface area contributed by atoms with Crippen molar-refractivity contribution < 1.29 is 15.0 Å². The molecule has 0 aromatic heterocycles. The van der Waals surface area contributed by atoms with E-state index < -0.39 is 11.5 Å². The van der Waals surface area contributed by atoms with Gasteiger partial charge in [-0.2, -0.15) is 0 Å². The number of carbonyl (C=O) groups excluding carboxylic acids is 1. The Kier molecular flexibility index (Phi) is 2.37. The largest absolute Gasteiger partial charge is 0.392 e. The average molecular weight is 250 g/mol. The van der Waals surface area contributed by atoms with Crippen molar-refractivity contribution in [1.29, 1.82) is 0 Å². The molecule has 0 radical (unpaired) electrons. The van der Waals surface area contributed by atoms with E-state index in [1.54, 1.807) is 0 Å². The van der Waals surface area contributed by atoms with E-state index in [-0.39, 0.29) is 23.7 Å². The Bertz CT molecular complexity index is 449. The zero-order chi connectivity index (χ0) is 13.3. The van der Waals surface area contributed by atoms with Crippen LogP contribution in [-0.2, 0) is 4.79 Å². The van der Waals surface area contributed by atoms with Crippen LogP contribution in [0.1, 0.15) is 40.0 Å². The number of carbonyl (C=O) groups is 1. The van der Waals surface area contributed by atoms with Gasteiger partial charge in [-0.1, -0.05) is 20.8 Å². The van der Waals surface area contributed by atoms with Crippen LogP contribution in [0.15, 0.2) is 11.1 Å². The number of hydrogen-bond acceptors (Lipinski definition) is 3. The zero-order valence-electron chi connectivity index (χ0n) is 11.4. The standard InChI is InChI=1S/C15H22O3/c1-14(2)4-8-9(5-14)13(18)15(3)6-11(17)10(7-16)12(8)15/h8-9,13,16,18H,4-7H2,1-3H3/t8-,9+,13+,15+/m1/s1. The highest BCUT2D eigenvalue weighted by Gasteiger charge is 2.62. The summed E-state index contributed by atoms with van der Waals surface area (Å²) in [7, 11) is 0. The molecule has 0 aromatic rings. The third-order valence-electron chi connectivity index (χ3n) is 5.47. The lowest BCUT2D eigenvalue weighted by Gasteiger charge is -2.30. The molecule has 3 aliphatic rings. The highest BCUT2D eigenvalue weighted by molar-refractivity contribution is 6.00. The molecule has 2 fully saturated rings. The molecular weight excluding hydrogens is 228 g/mol. The lowest BCUT2D eigenvalue weighted by molar-refractivity contribution is -0.117. The normalized spacial score (nSPS) is 45.6. The van der Waals surface area contributed by atoms with E-state index in [4.69, 9.17) is 0 Å². The molecule has 0 aromatic carbocycles. The van der Waals surface area contributed by atoms with Crippen LogP contribution in [0.25, 0.3) is 0 Å². The van der Waals surface area contributed by atoms with Gasteiger partial charge in [-0.05, 0) is 35.7 Å². The molecule has 0 aliphatic heterocycles. The van der Waals surface area contributed by atoms with Gasteiger partial charge in [0, 0.05) is 17.4 Å². The average Bonchev–Trinajstić information content (AvgIpc) is 2.76. The maximum atomic E-state index is 12.0. The molecule has 0 saturated heterocycles. The number of aliphatic hydroxyl groups excluding tert-OH is 2. The summed E-state index contributed by atoms with van der Waals surface area (Å²) >= 11 is 0. The van der Waals surface area contributed by atoms with Crippen molar-refractivity contribution in [3.63, 3.8) is 0 Å². The first-order valence-electron chi connectivity index (χ1n) is 6.86. The molecule has 3 nitrogen and oxygen atoms in total. The minimum absolute atomic E-state index is 0.0391. The number of hydrogen-bond donors (Lipinski definition) is 2. The molecule has 0 amide bonds. The first-order valence-corrected chi connectivity index (χ1v) is 6.86. The van der Waals surface area contributed by atoms with Crippen molar-refractivity contribution in [2.45, 2.75) is 46.1 Å². The minimum Gasteiger partial charge on any atom is -0.392 e. The Morgan fingerprint density at radius 3 is 2.56 bits per heavy atom. The van der Waals surface area contributed by atoms with Crippen LogP contribution in [0.3, 0.4) is 0 Å². The Labute approximate surface area is 108 Å². The second-order valence-electron chi connectivity index (χ2n) is 7.36. The lowest BCUT2D eigenvalue weighted by atomic mass is 9.77. The van der Waals surface area contributed by atoms with Crippen LogP contribution in [-0.4, -0.2) is 28.7 Å². The van der Waals surface area contributed by atoms with Crippen LogP contribution in [0.5, 0.6) is 0 Å². The van der Waals surface area contributed by atoms with Gasteiger partial charge in [-0.25, -0.2) is 0 Å². The van der Waals surface area contributed by atoms with Gasteiger partial charge < -0.3 is 10.2 Å². The van der Waals surface area contributed by atoms with Crippen molar-refractivity contribution in [3.8, 4) is 0 Å². The van der Waals surface area contributed by atoms with Crippen LogP contribution in [0, 0.1) is 22.7 Å². The second kappa shape index (κ2) is 3.45. The molecule has 3 heteroatoms. The van der Waals surface area contributed by atoms with Gasteiger partial charge in [-0.15, -0.1) is 0 Å². The van der Waals surface area contributed by atoms with E-state index in [1.807, 2.05) is 6.92 Å². The fraction of sp³-hybridized carbons (Fsp3) is 0.800. The molecule has 0 bridgehead atoms. The van der Waals surface area contributed by atoms with Crippen molar-refractivity contribution in [3.05, 3.63) is 11.1 Å². The van der Waals surface area contributed by atoms with E-state index in [0.717, 1.165) is 18.4 Å². The molecule has 100 valence electrons. The molecular formula is C15H22O3. The number of aliphatic hydroxyl groups is 2. The van der Waals surface area contributed by atoms with Gasteiger partial charge in [-0.3, -0.25) is 4.79 Å². The lowest BCUT2D eigenvalue weighted by Crippen LogP contribution is -2.32. The van der Waals surface area contributed by atoms with Crippen LogP contribution >= 0.6 is 0 Å². The Morgan fingerprint density at radius 2 is 1.94 bits per heavy atom. The van der Waals surface area contributed by atoms with Gasteiger partial charge in [0.2, 0.25) is 0 Å². The fourth-order valence-electron chi connectivity index (χ4n) is 4.85. The SMILES string of the molecule is CC1(C)C[C@H]2[C@@H](C1)C1=C(CO)C(=O)C[C@]1(C)[C@H]2O. The topological polar surface area (TPSA) is 57.5 Å². The summed E-state index contributed by atoms with van der Waals surface area (Å²) in [4.78, 5) is 12.0. The highest BCUT2D eigenvalue weighted by atomic mass is 16.3. The Balaban J connectivity index is 2.10. The van der Waals surface area contributed by atoms with Gasteiger partial charge >= 0.3 is 0 Å². The molecule has 4 atom stereocenters. The van der Waals surface area contributed by atoms with Crippen molar-refractivity contribution in [1.82, 2.24) is 0 Å². The highest BCUT2D eigenvalue weighted by Crippen LogP contribution is 2.65. The van der Waals surface area contributed by atoms with Gasteiger partial charge in [0.05, 0.1) is 12.7 Å². The summed E-state index contributed by atoms with van der Waals surface area (Å²) in [5.74, 6) is 0.612. The quantitative estimate of drug-likeness (QED) is 0.744. The molecule has 0 heterocycles. The third-order valence-corrected chi connectivity index (χ3v) is 5.47. The summed E-state index contributed by atoms with van der Waals surface area (Å²) < 4.78 is 0. The summed E-state index contributed by atoms with van der Waals surface area (Å²) in [6.45, 7) is 6.29. The van der Waals surface area contributed by atoms with Crippen LogP contribution < -0.4 is 0 Å². The van der Waals surface area contributed by atoms with Crippen LogP contribution in [0.2, 0.25) is 0 Å². The van der Waals surface area contributed by atoms with Crippen molar-refractivity contribution >= 4 is 5.78 Å². The first kappa shape index (κ1) is 12.4.